The highest BCUT2D eigenvalue weighted by Gasteiger charge is 2.15. The van der Waals surface area contributed by atoms with Crippen molar-refractivity contribution in [2.75, 3.05) is 33.9 Å². The molecular formula is C17H29N3O2. The van der Waals surface area contributed by atoms with Crippen molar-refractivity contribution in [1.29, 1.82) is 0 Å². The second-order valence-electron chi connectivity index (χ2n) is 5.69. The molecule has 1 rings (SSSR count). The van der Waals surface area contributed by atoms with Crippen LogP contribution < -0.4 is 15.4 Å². The van der Waals surface area contributed by atoms with Crippen LogP contribution in [0.15, 0.2) is 29.3 Å². The third-order valence-corrected chi connectivity index (χ3v) is 3.36. The van der Waals surface area contributed by atoms with Crippen LogP contribution in [0.2, 0.25) is 0 Å². The van der Waals surface area contributed by atoms with Crippen molar-refractivity contribution in [2.45, 2.75) is 32.8 Å². The van der Waals surface area contributed by atoms with E-state index in [-0.39, 0.29) is 5.60 Å². The lowest BCUT2D eigenvalue weighted by Crippen LogP contribution is -2.40. The Labute approximate surface area is 134 Å². The van der Waals surface area contributed by atoms with E-state index in [0.717, 1.165) is 31.2 Å². The number of hydrogen-bond donors (Lipinski definition) is 2. The van der Waals surface area contributed by atoms with Crippen LogP contribution in [0.4, 0.5) is 0 Å². The fraction of sp³-hybridized carbons (Fsp3) is 0.588. The van der Waals surface area contributed by atoms with Gasteiger partial charge in [0.2, 0.25) is 0 Å². The van der Waals surface area contributed by atoms with Gasteiger partial charge in [-0.25, -0.2) is 0 Å². The summed E-state index contributed by atoms with van der Waals surface area (Å²) >= 11 is 0. The molecule has 5 nitrogen and oxygen atoms in total. The Balaban J connectivity index is 2.51. The molecule has 0 bridgehead atoms. The Kier molecular flexibility index (Phi) is 7.74. The minimum Gasteiger partial charge on any atom is -0.497 e. The van der Waals surface area contributed by atoms with Gasteiger partial charge in [-0.2, -0.15) is 0 Å². The van der Waals surface area contributed by atoms with Crippen molar-refractivity contribution in [3.63, 3.8) is 0 Å². The minimum absolute atomic E-state index is 0.255. The SMILES string of the molecule is CCNC(=NCC(C)(C)OC)NCCc1cccc(OC)c1. The number of nitrogens with one attached hydrogen (secondary N) is 2. The van der Waals surface area contributed by atoms with Gasteiger partial charge in [0.05, 0.1) is 19.3 Å². The normalized spacial score (nSPS) is 12.1. The summed E-state index contributed by atoms with van der Waals surface area (Å²) in [7, 11) is 3.39. The van der Waals surface area contributed by atoms with Gasteiger partial charge in [0, 0.05) is 20.2 Å². The number of guanidine groups is 1. The van der Waals surface area contributed by atoms with Crippen molar-refractivity contribution in [1.82, 2.24) is 10.6 Å². The quantitative estimate of drug-likeness (QED) is 0.571. The zero-order valence-corrected chi connectivity index (χ0v) is 14.4. The summed E-state index contributed by atoms with van der Waals surface area (Å²) < 4.78 is 10.6. The molecule has 0 spiro atoms. The molecule has 0 heterocycles. The van der Waals surface area contributed by atoms with E-state index in [1.807, 2.05) is 26.0 Å². The van der Waals surface area contributed by atoms with Crippen molar-refractivity contribution in [2.24, 2.45) is 4.99 Å². The van der Waals surface area contributed by atoms with Gasteiger partial charge in [-0.3, -0.25) is 4.99 Å². The lowest BCUT2D eigenvalue weighted by Gasteiger charge is -2.21. The molecule has 0 aliphatic rings. The summed E-state index contributed by atoms with van der Waals surface area (Å²) in [6, 6.07) is 8.12. The van der Waals surface area contributed by atoms with Crippen LogP contribution in [0.25, 0.3) is 0 Å². The predicted octanol–water partition coefficient (Wildman–Crippen LogP) is 2.22. The molecule has 0 aliphatic heterocycles. The van der Waals surface area contributed by atoms with Gasteiger partial charge in [0.15, 0.2) is 5.96 Å². The molecule has 0 fully saturated rings. The van der Waals surface area contributed by atoms with Crippen LogP contribution in [0.3, 0.4) is 0 Å². The number of hydrogen-bond acceptors (Lipinski definition) is 3. The standard InChI is InChI=1S/C17H29N3O2/c1-6-18-16(20-13-17(2,3)22-5)19-11-10-14-8-7-9-15(12-14)21-4/h7-9,12H,6,10-11,13H2,1-5H3,(H2,18,19,20). The third kappa shape index (κ3) is 6.80. The highest BCUT2D eigenvalue weighted by Crippen LogP contribution is 2.12. The fourth-order valence-electron chi connectivity index (χ4n) is 1.83. The molecule has 22 heavy (non-hydrogen) atoms. The van der Waals surface area contributed by atoms with E-state index in [4.69, 9.17) is 9.47 Å². The van der Waals surface area contributed by atoms with E-state index < -0.39 is 0 Å². The lowest BCUT2D eigenvalue weighted by atomic mass is 10.1. The summed E-state index contributed by atoms with van der Waals surface area (Å²) in [6.45, 7) is 8.36. The fourth-order valence-corrected chi connectivity index (χ4v) is 1.83. The Hall–Kier alpha value is -1.75. The van der Waals surface area contributed by atoms with Crippen LogP contribution in [-0.2, 0) is 11.2 Å². The maximum absolute atomic E-state index is 5.39. The molecule has 0 saturated carbocycles. The number of aliphatic imine (C=N–C) groups is 1. The monoisotopic (exact) mass is 307 g/mol. The van der Waals surface area contributed by atoms with Crippen molar-refractivity contribution < 1.29 is 9.47 Å². The molecule has 5 heteroatoms. The first-order chi connectivity index (χ1) is 10.5. The summed E-state index contributed by atoms with van der Waals surface area (Å²) in [5.74, 6) is 1.70. The lowest BCUT2D eigenvalue weighted by molar-refractivity contribution is 0.0310. The highest BCUT2D eigenvalue weighted by atomic mass is 16.5. The summed E-state index contributed by atoms with van der Waals surface area (Å²) in [6.07, 6.45) is 0.912. The maximum Gasteiger partial charge on any atom is 0.191 e. The summed E-state index contributed by atoms with van der Waals surface area (Å²) in [4.78, 5) is 4.57. The molecule has 1 aromatic rings. The Bertz CT molecular complexity index is 473. The zero-order chi connectivity index (χ0) is 16.4. The Morgan fingerprint density at radius 1 is 1.23 bits per heavy atom. The molecule has 0 aliphatic carbocycles. The minimum atomic E-state index is -0.255. The molecule has 0 amide bonds. The van der Waals surface area contributed by atoms with E-state index in [2.05, 4.69) is 34.7 Å². The second kappa shape index (κ2) is 9.30. The molecule has 0 unspecified atom stereocenters. The zero-order valence-electron chi connectivity index (χ0n) is 14.4. The first-order valence-corrected chi connectivity index (χ1v) is 7.71. The second-order valence-corrected chi connectivity index (χ2v) is 5.69. The van der Waals surface area contributed by atoms with Crippen LogP contribution >= 0.6 is 0 Å². The van der Waals surface area contributed by atoms with Crippen molar-refractivity contribution in [3.8, 4) is 5.75 Å². The molecule has 124 valence electrons. The summed E-state index contributed by atoms with van der Waals surface area (Å²) in [5, 5.41) is 6.59. The highest BCUT2D eigenvalue weighted by molar-refractivity contribution is 5.79. The van der Waals surface area contributed by atoms with Gasteiger partial charge in [-0.1, -0.05) is 12.1 Å². The number of methoxy groups -OCH3 is 2. The van der Waals surface area contributed by atoms with Gasteiger partial charge < -0.3 is 20.1 Å². The number of rotatable bonds is 8. The first kappa shape index (κ1) is 18.3. The van der Waals surface area contributed by atoms with Crippen LogP contribution in [0.1, 0.15) is 26.3 Å². The Morgan fingerprint density at radius 2 is 2.00 bits per heavy atom. The Morgan fingerprint density at radius 3 is 2.64 bits per heavy atom. The van der Waals surface area contributed by atoms with E-state index in [1.54, 1.807) is 14.2 Å². The van der Waals surface area contributed by atoms with Gasteiger partial charge >= 0.3 is 0 Å². The molecule has 0 atom stereocenters. The maximum atomic E-state index is 5.39. The molecule has 1 aromatic carbocycles. The van der Waals surface area contributed by atoms with Gasteiger partial charge in [-0.05, 0) is 44.9 Å². The topological polar surface area (TPSA) is 54.9 Å². The van der Waals surface area contributed by atoms with Gasteiger partial charge in [-0.15, -0.1) is 0 Å². The van der Waals surface area contributed by atoms with Gasteiger partial charge in [0.1, 0.15) is 5.75 Å². The average Bonchev–Trinajstić information content (AvgIpc) is 2.53. The van der Waals surface area contributed by atoms with Crippen LogP contribution in [0.5, 0.6) is 5.75 Å². The molecule has 0 aromatic heterocycles. The van der Waals surface area contributed by atoms with Crippen LogP contribution in [-0.4, -0.2) is 45.4 Å². The first-order valence-electron chi connectivity index (χ1n) is 7.71. The number of ether oxygens (including phenoxy) is 2. The van der Waals surface area contributed by atoms with E-state index in [0.29, 0.717) is 6.54 Å². The molecule has 2 N–H and O–H groups in total. The van der Waals surface area contributed by atoms with Crippen molar-refractivity contribution in [3.05, 3.63) is 29.8 Å². The average molecular weight is 307 g/mol. The molecular weight excluding hydrogens is 278 g/mol. The largest absolute Gasteiger partial charge is 0.497 e. The molecule has 0 saturated heterocycles. The van der Waals surface area contributed by atoms with E-state index in [1.165, 1.54) is 5.56 Å². The number of benzene rings is 1. The molecule has 0 radical (unpaired) electrons. The third-order valence-electron chi connectivity index (χ3n) is 3.36. The number of nitrogens with zero attached hydrogens (tertiary/aromatic N) is 1. The van der Waals surface area contributed by atoms with E-state index >= 15 is 0 Å². The van der Waals surface area contributed by atoms with Gasteiger partial charge in [0.25, 0.3) is 0 Å². The van der Waals surface area contributed by atoms with Crippen LogP contribution in [0, 0.1) is 0 Å². The van der Waals surface area contributed by atoms with E-state index in [9.17, 15) is 0 Å². The van der Waals surface area contributed by atoms with Crippen molar-refractivity contribution >= 4 is 5.96 Å². The summed E-state index contributed by atoms with van der Waals surface area (Å²) in [5.41, 5.74) is 0.981. The predicted molar refractivity (Wildman–Crippen MR) is 91.8 cm³/mol. The smallest absolute Gasteiger partial charge is 0.191 e.